The lowest BCUT2D eigenvalue weighted by molar-refractivity contribution is -0.106. The van der Waals surface area contributed by atoms with Crippen LogP contribution in [0.25, 0.3) is 0 Å². The number of hydrogen-bond donors (Lipinski definition) is 2. The average molecular weight is 268 g/mol. The molecule has 1 aromatic rings. The molecule has 1 aromatic heterocycles. The van der Waals surface area contributed by atoms with Gasteiger partial charge in [-0.05, 0) is 43.1 Å². The fraction of sp³-hybridized carbons (Fsp3) is 0.833. The predicted octanol–water partition coefficient (Wildman–Crippen LogP) is 1.50. The Bertz CT molecular complexity index is 372. The van der Waals surface area contributed by atoms with Gasteiger partial charge in [0, 0.05) is 6.61 Å². The summed E-state index contributed by atoms with van der Waals surface area (Å²) in [6.45, 7) is 0.834. The van der Waals surface area contributed by atoms with E-state index in [9.17, 15) is 0 Å². The highest BCUT2D eigenvalue weighted by Gasteiger charge is 2.40. The molecule has 3 rings (SSSR count). The molecule has 2 aliphatic heterocycles. The van der Waals surface area contributed by atoms with Gasteiger partial charge in [-0.15, -0.1) is 0 Å². The zero-order valence-corrected chi connectivity index (χ0v) is 11.3. The number of rotatable bonds is 2. The number of nitrogens with one attached hydrogen (secondary N) is 1. The molecule has 2 saturated heterocycles. The monoisotopic (exact) mass is 268 g/mol. The quantitative estimate of drug-likeness (QED) is 0.850. The zero-order valence-electron chi connectivity index (χ0n) is 10.5. The van der Waals surface area contributed by atoms with Crippen molar-refractivity contribution in [1.29, 1.82) is 0 Å². The summed E-state index contributed by atoms with van der Waals surface area (Å²) in [5, 5.41) is 10.6. The molecule has 3 heterocycles. The van der Waals surface area contributed by atoms with E-state index < -0.39 is 0 Å². The summed E-state index contributed by atoms with van der Waals surface area (Å²) < 4.78 is 6.09. The Hall–Kier alpha value is -0.590. The highest BCUT2D eigenvalue weighted by Crippen LogP contribution is 2.42. The smallest absolute Gasteiger partial charge is 0.0994 e. The molecule has 5 nitrogen and oxygen atoms in total. The third-order valence-electron chi connectivity index (χ3n) is 4.22. The summed E-state index contributed by atoms with van der Waals surface area (Å²) in [6.07, 6.45) is 6.17. The van der Waals surface area contributed by atoms with Crippen molar-refractivity contribution in [3.05, 3.63) is 11.9 Å². The van der Waals surface area contributed by atoms with Crippen molar-refractivity contribution in [2.45, 2.75) is 37.3 Å². The summed E-state index contributed by atoms with van der Waals surface area (Å²) in [6, 6.07) is -0.0147. The summed E-state index contributed by atoms with van der Waals surface area (Å²) in [4.78, 5) is 0. The lowest BCUT2D eigenvalue weighted by atomic mass is 9.78. The molecular weight excluding hydrogens is 248 g/mol. The van der Waals surface area contributed by atoms with Crippen LogP contribution in [0.5, 0.6) is 0 Å². The van der Waals surface area contributed by atoms with E-state index in [1.807, 2.05) is 11.8 Å². The Balaban J connectivity index is 1.70. The largest absolute Gasteiger partial charge is 0.375 e. The van der Waals surface area contributed by atoms with Crippen LogP contribution in [0.2, 0.25) is 0 Å². The van der Waals surface area contributed by atoms with Crippen molar-refractivity contribution in [1.82, 2.24) is 15.4 Å². The van der Waals surface area contributed by atoms with Crippen LogP contribution in [-0.4, -0.2) is 39.1 Å². The number of ether oxygens (including phenoxy) is 1. The molecule has 1 spiro atoms. The Kier molecular flexibility index (Phi) is 3.59. The molecule has 0 saturated carbocycles. The molecule has 2 atom stereocenters. The van der Waals surface area contributed by atoms with Gasteiger partial charge in [0.25, 0.3) is 0 Å². The maximum atomic E-state index is 6.32. The average Bonchev–Trinajstić information content (AvgIpc) is 2.93. The minimum atomic E-state index is -0.0147. The molecule has 0 aromatic carbocycles. The fourth-order valence-corrected chi connectivity index (χ4v) is 4.31. The highest BCUT2D eigenvalue weighted by molar-refractivity contribution is 7.99. The van der Waals surface area contributed by atoms with Gasteiger partial charge in [0.15, 0.2) is 0 Å². The second-order valence-corrected chi connectivity index (χ2v) is 6.54. The predicted molar refractivity (Wildman–Crippen MR) is 71.3 cm³/mol. The molecule has 0 amide bonds. The van der Waals surface area contributed by atoms with Crippen molar-refractivity contribution in [2.75, 3.05) is 18.1 Å². The molecule has 3 N–H and O–H groups in total. The van der Waals surface area contributed by atoms with Gasteiger partial charge in [-0.3, -0.25) is 0 Å². The van der Waals surface area contributed by atoms with Crippen LogP contribution in [0.15, 0.2) is 6.20 Å². The van der Waals surface area contributed by atoms with E-state index in [0.29, 0.717) is 5.92 Å². The van der Waals surface area contributed by atoms with Gasteiger partial charge >= 0.3 is 0 Å². The first-order chi connectivity index (χ1) is 8.79. The zero-order chi connectivity index (χ0) is 12.4. The van der Waals surface area contributed by atoms with E-state index >= 15 is 0 Å². The molecule has 100 valence electrons. The number of aromatic nitrogens is 3. The fourth-order valence-electron chi connectivity index (χ4n) is 3.08. The normalized spacial score (nSPS) is 29.3. The summed E-state index contributed by atoms with van der Waals surface area (Å²) >= 11 is 2.03. The van der Waals surface area contributed by atoms with Crippen LogP contribution < -0.4 is 5.73 Å². The highest BCUT2D eigenvalue weighted by atomic mass is 32.2. The lowest BCUT2D eigenvalue weighted by Crippen LogP contribution is -2.45. The van der Waals surface area contributed by atoms with Crippen LogP contribution in [0.4, 0.5) is 0 Å². The second-order valence-electron chi connectivity index (χ2n) is 5.32. The summed E-state index contributed by atoms with van der Waals surface area (Å²) in [5.41, 5.74) is 7.29. The second kappa shape index (κ2) is 5.19. The molecule has 0 radical (unpaired) electrons. The molecule has 0 aliphatic carbocycles. The Morgan fingerprint density at radius 3 is 3.06 bits per heavy atom. The van der Waals surface area contributed by atoms with Crippen molar-refractivity contribution >= 4 is 11.8 Å². The Morgan fingerprint density at radius 1 is 1.50 bits per heavy atom. The molecular formula is C12H20N4OS. The van der Waals surface area contributed by atoms with E-state index in [-0.39, 0.29) is 11.6 Å². The topological polar surface area (TPSA) is 76.8 Å². The first kappa shape index (κ1) is 12.4. The van der Waals surface area contributed by atoms with Crippen LogP contribution in [0, 0.1) is 5.92 Å². The van der Waals surface area contributed by atoms with E-state index in [2.05, 4.69) is 15.4 Å². The van der Waals surface area contributed by atoms with Gasteiger partial charge in [-0.25, -0.2) is 0 Å². The third kappa shape index (κ3) is 2.41. The van der Waals surface area contributed by atoms with Gasteiger partial charge < -0.3 is 10.5 Å². The molecule has 2 aliphatic rings. The molecule has 2 fully saturated rings. The molecule has 0 bridgehead atoms. The first-order valence-electron chi connectivity index (χ1n) is 6.62. The van der Waals surface area contributed by atoms with Crippen molar-refractivity contribution in [2.24, 2.45) is 11.7 Å². The van der Waals surface area contributed by atoms with Crippen LogP contribution in [0.1, 0.15) is 37.4 Å². The number of hydrogen-bond acceptors (Lipinski definition) is 5. The van der Waals surface area contributed by atoms with E-state index in [0.717, 1.165) is 25.1 Å². The van der Waals surface area contributed by atoms with Crippen molar-refractivity contribution in [3.63, 3.8) is 0 Å². The molecule has 2 unspecified atom stereocenters. The van der Waals surface area contributed by atoms with Gasteiger partial charge in [0.1, 0.15) is 0 Å². The SMILES string of the molecule is NC(c1cn[nH]n1)C1CCOC2(CCSCC2)C1. The number of aromatic amines is 1. The first-order valence-corrected chi connectivity index (χ1v) is 7.78. The summed E-state index contributed by atoms with van der Waals surface area (Å²) in [7, 11) is 0. The maximum absolute atomic E-state index is 6.32. The van der Waals surface area contributed by atoms with Gasteiger partial charge in [0.2, 0.25) is 0 Å². The van der Waals surface area contributed by atoms with Gasteiger partial charge in [-0.1, -0.05) is 0 Å². The van der Waals surface area contributed by atoms with Crippen LogP contribution in [-0.2, 0) is 4.74 Å². The standard InChI is InChI=1S/C12H20N4OS/c13-11(10-8-14-16-15-10)9-1-4-17-12(7-9)2-5-18-6-3-12/h8-9,11H,1-7,13H2,(H,14,15,16). The number of nitrogens with two attached hydrogens (primary N) is 1. The van der Waals surface area contributed by atoms with Crippen LogP contribution >= 0.6 is 11.8 Å². The lowest BCUT2D eigenvalue weighted by Gasteiger charge is -2.44. The summed E-state index contributed by atoms with van der Waals surface area (Å²) in [5.74, 6) is 2.89. The number of thioether (sulfide) groups is 1. The number of nitrogens with zero attached hydrogens (tertiary/aromatic N) is 2. The maximum Gasteiger partial charge on any atom is 0.0994 e. The minimum Gasteiger partial charge on any atom is -0.375 e. The van der Waals surface area contributed by atoms with Gasteiger partial charge in [-0.2, -0.15) is 27.2 Å². The van der Waals surface area contributed by atoms with Crippen LogP contribution in [0.3, 0.4) is 0 Å². The van der Waals surface area contributed by atoms with Gasteiger partial charge in [0.05, 0.1) is 23.5 Å². The minimum absolute atomic E-state index is 0.0147. The molecule has 18 heavy (non-hydrogen) atoms. The Labute approximate surface area is 111 Å². The molecule has 6 heteroatoms. The third-order valence-corrected chi connectivity index (χ3v) is 5.20. The number of H-pyrrole nitrogens is 1. The van der Waals surface area contributed by atoms with Crippen molar-refractivity contribution < 1.29 is 4.74 Å². The van der Waals surface area contributed by atoms with Crippen molar-refractivity contribution in [3.8, 4) is 0 Å². The van der Waals surface area contributed by atoms with E-state index in [1.54, 1.807) is 6.20 Å². The van der Waals surface area contributed by atoms with E-state index in [4.69, 9.17) is 10.5 Å². The van der Waals surface area contributed by atoms with E-state index in [1.165, 1.54) is 24.3 Å². The Morgan fingerprint density at radius 2 is 2.33 bits per heavy atom.